The maximum Gasteiger partial charge on any atom is 0.152 e. The number of nitrogens with one attached hydrogen (secondary N) is 1. The molecule has 0 aliphatic carbocycles. The molecule has 0 fully saturated rings. The first-order valence-electron chi connectivity index (χ1n) is 8.88. The number of nitrogens with zero attached hydrogens (tertiary/aromatic N) is 4. The van der Waals surface area contributed by atoms with Gasteiger partial charge in [-0.3, -0.25) is 9.78 Å². The number of aryl methyl sites for hydroxylation is 2. The smallest absolute Gasteiger partial charge is 0.152 e. The van der Waals surface area contributed by atoms with Crippen LogP contribution in [0.15, 0.2) is 67.0 Å². The molecule has 0 saturated heterocycles. The van der Waals surface area contributed by atoms with Gasteiger partial charge < -0.3 is 5.73 Å². The topological polar surface area (TPSA) is 85.4 Å². The quantitative estimate of drug-likeness (QED) is 0.514. The Morgan fingerprint density at radius 3 is 2.70 bits per heavy atom. The molecule has 3 N–H and O–H groups in total. The summed E-state index contributed by atoms with van der Waals surface area (Å²) in [7, 11) is 0. The fraction of sp³-hybridized carbons (Fsp3) is 0.0952. The zero-order chi connectivity index (χ0) is 18.2. The van der Waals surface area contributed by atoms with E-state index in [4.69, 9.17) is 5.73 Å². The maximum absolute atomic E-state index is 6.20. The van der Waals surface area contributed by atoms with Crippen molar-refractivity contribution in [3.63, 3.8) is 0 Å². The van der Waals surface area contributed by atoms with E-state index in [-0.39, 0.29) is 0 Å². The summed E-state index contributed by atoms with van der Waals surface area (Å²) in [4.78, 5) is 4.57. The van der Waals surface area contributed by atoms with Crippen molar-refractivity contribution < 1.29 is 0 Å². The number of pyridine rings is 1. The van der Waals surface area contributed by atoms with Crippen molar-refractivity contribution in [3.8, 4) is 11.3 Å². The molecule has 6 nitrogen and oxygen atoms in total. The number of nitrogens with two attached hydrogens (primary N) is 1. The van der Waals surface area contributed by atoms with E-state index in [9.17, 15) is 0 Å². The molecule has 0 unspecified atom stereocenters. The zero-order valence-corrected chi connectivity index (χ0v) is 14.6. The molecule has 3 aromatic heterocycles. The van der Waals surface area contributed by atoms with E-state index in [2.05, 4.69) is 62.9 Å². The number of aromatic nitrogens is 5. The number of benzene rings is 2. The van der Waals surface area contributed by atoms with Gasteiger partial charge in [0.25, 0.3) is 0 Å². The lowest BCUT2D eigenvalue weighted by Gasteiger charge is -2.03. The molecule has 2 aromatic carbocycles. The molecule has 6 heteroatoms. The highest BCUT2D eigenvalue weighted by Crippen LogP contribution is 2.30. The Morgan fingerprint density at radius 1 is 1.00 bits per heavy atom. The van der Waals surface area contributed by atoms with Gasteiger partial charge in [-0.25, -0.2) is 4.98 Å². The largest absolute Gasteiger partial charge is 0.382 e. The van der Waals surface area contributed by atoms with E-state index < -0.39 is 0 Å². The van der Waals surface area contributed by atoms with E-state index in [1.165, 1.54) is 5.56 Å². The Balaban J connectivity index is 1.55. The summed E-state index contributed by atoms with van der Waals surface area (Å²) >= 11 is 0. The lowest BCUT2D eigenvalue weighted by atomic mass is 10.1. The monoisotopic (exact) mass is 354 g/mol. The molecule has 0 aliphatic rings. The average Bonchev–Trinajstić information content (AvgIpc) is 3.37. The molecular weight excluding hydrogens is 336 g/mol. The van der Waals surface area contributed by atoms with Gasteiger partial charge in [-0.1, -0.05) is 42.5 Å². The number of fused-ring (bicyclic) bond motifs is 3. The van der Waals surface area contributed by atoms with Gasteiger partial charge in [0.1, 0.15) is 5.52 Å². The number of hydrogen-bond acceptors (Lipinski definition) is 4. The van der Waals surface area contributed by atoms with E-state index in [1.54, 1.807) is 6.20 Å². The molecule has 5 aromatic rings. The van der Waals surface area contributed by atoms with E-state index in [0.717, 1.165) is 46.0 Å². The predicted molar refractivity (Wildman–Crippen MR) is 107 cm³/mol. The Hall–Kier alpha value is -3.67. The molecule has 0 aliphatic heterocycles. The minimum absolute atomic E-state index is 0.456. The fourth-order valence-corrected chi connectivity index (χ4v) is 3.43. The molecule has 0 saturated carbocycles. The van der Waals surface area contributed by atoms with Gasteiger partial charge in [-0.2, -0.15) is 10.2 Å². The summed E-state index contributed by atoms with van der Waals surface area (Å²) in [5, 5.41) is 13.7. The summed E-state index contributed by atoms with van der Waals surface area (Å²) in [6.07, 6.45) is 4.72. The number of hydrogen-bond donors (Lipinski definition) is 2. The number of rotatable bonds is 4. The number of aromatic amines is 1. The van der Waals surface area contributed by atoms with Gasteiger partial charge in [-0.05, 0) is 24.1 Å². The van der Waals surface area contributed by atoms with Gasteiger partial charge in [-0.15, -0.1) is 0 Å². The highest BCUT2D eigenvalue weighted by molar-refractivity contribution is 6.08. The molecule has 0 spiro atoms. The van der Waals surface area contributed by atoms with E-state index in [1.807, 2.05) is 22.9 Å². The van der Waals surface area contributed by atoms with Crippen molar-refractivity contribution >= 4 is 27.6 Å². The van der Waals surface area contributed by atoms with Crippen LogP contribution in [0, 0.1) is 0 Å². The zero-order valence-electron chi connectivity index (χ0n) is 14.6. The number of anilines is 1. The fourth-order valence-electron chi connectivity index (χ4n) is 3.43. The van der Waals surface area contributed by atoms with Crippen LogP contribution in [0.4, 0.5) is 5.82 Å². The minimum atomic E-state index is 0.456. The molecular formula is C21H18N6. The molecule has 0 amide bonds. The van der Waals surface area contributed by atoms with Crippen LogP contribution in [0.1, 0.15) is 5.56 Å². The van der Waals surface area contributed by atoms with Crippen molar-refractivity contribution in [1.29, 1.82) is 0 Å². The Kier molecular flexibility index (Phi) is 3.60. The molecule has 0 bridgehead atoms. The van der Waals surface area contributed by atoms with Crippen molar-refractivity contribution in [1.82, 2.24) is 25.0 Å². The molecule has 3 heterocycles. The van der Waals surface area contributed by atoms with Gasteiger partial charge in [0.15, 0.2) is 5.82 Å². The SMILES string of the molecule is Nc1nc2cc(-c3ccn[nH]3)ccc2c2cn(CCc3ccccc3)nc12. The molecule has 27 heavy (non-hydrogen) atoms. The lowest BCUT2D eigenvalue weighted by Crippen LogP contribution is -2.01. The van der Waals surface area contributed by atoms with Crippen molar-refractivity contribution in [2.24, 2.45) is 0 Å². The van der Waals surface area contributed by atoms with Crippen LogP contribution < -0.4 is 5.73 Å². The van der Waals surface area contributed by atoms with Crippen LogP contribution in [-0.4, -0.2) is 25.0 Å². The second kappa shape index (κ2) is 6.25. The average molecular weight is 354 g/mol. The standard InChI is InChI=1S/C21H18N6/c22-21-20-17(13-27(26-20)11-9-14-4-2-1-3-5-14)16-7-6-15(12-19(16)24-21)18-8-10-23-25-18/h1-8,10,12-13H,9,11H2,(H2,22,24)(H,23,25). The summed E-state index contributed by atoms with van der Waals surface area (Å²) in [6, 6.07) is 18.5. The highest BCUT2D eigenvalue weighted by atomic mass is 15.3. The number of H-pyrrole nitrogens is 1. The Morgan fingerprint density at radius 2 is 1.89 bits per heavy atom. The number of nitrogen functional groups attached to an aromatic ring is 1. The van der Waals surface area contributed by atoms with Crippen LogP contribution >= 0.6 is 0 Å². The summed E-state index contributed by atoms with van der Waals surface area (Å²) in [5.74, 6) is 0.456. The maximum atomic E-state index is 6.20. The van der Waals surface area contributed by atoms with E-state index >= 15 is 0 Å². The molecule has 0 atom stereocenters. The highest BCUT2D eigenvalue weighted by Gasteiger charge is 2.12. The normalized spacial score (nSPS) is 11.4. The van der Waals surface area contributed by atoms with Crippen LogP contribution in [0.25, 0.3) is 33.1 Å². The van der Waals surface area contributed by atoms with E-state index in [0.29, 0.717) is 5.82 Å². The Bertz CT molecular complexity index is 1220. The van der Waals surface area contributed by atoms with Gasteiger partial charge >= 0.3 is 0 Å². The third kappa shape index (κ3) is 2.81. The van der Waals surface area contributed by atoms with Gasteiger partial charge in [0.2, 0.25) is 0 Å². The predicted octanol–water partition coefficient (Wildman–Crippen LogP) is 3.80. The van der Waals surface area contributed by atoms with Crippen molar-refractivity contribution in [2.45, 2.75) is 13.0 Å². The summed E-state index contributed by atoms with van der Waals surface area (Å²) < 4.78 is 1.96. The molecule has 0 radical (unpaired) electrons. The summed E-state index contributed by atoms with van der Waals surface area (Å²) in [6.45, 7) is 0.797. The van der Waals surface area contributed by atoms with Crippen molar-refractivity contribution in [3.05, 3.63) is 72.6 Å². The second-order valence-electron chi connectivity index (χ2n) is 6.59. The van der Waals surface area contributed by atoms with Crippen LogP contribution in [-0.2, 0) is 13.0 Å². The first-order valence-corrected chi connectivity index (χ1v) is 8.88. The Labute approximate surface area is 155 Å². The first-order chi connectivity index (χ1) is 13.3. The van der Waals surface area contributed by atoms with Crippen LogP contribution in [0.5, 0.6) is 0 Å². The molecule has 5 rings (SSSR count). The van der Waals surface area contributed by atoms with Gasteiger partial charge in [0.05, 0.1) is 11.2 Å². The molecule has 132 valence electrons. The third-order valence-electron chi connectivity index (χ3n) is 4.82. The van der Waals surface area contributed by atoms with Crippen LogP contribution in [0.3, 0.4) is 0 Å². The van der Waals surface area contributed by atoms with Gasteiger partial charge in [0, 0.05) is 35.3 Å². The minimum Gasteiger partial charge on any atom is -0.382 e. The first kappa shape index (κ1) is 15.6. The van der Waals surface area contributed by atoms with Crippen molar-refractivity contribution in [2.75, 3.05) is 5.73 Å². The summed E-state index contributed by atoms with van der Waals surface area (Å²) in [5.41, 5.74) is 11.1. The second-order valence-corrected chi connectivity index (χ2v) is 6.59. The van der Waals surface area contributed by atoms with Crippen LogP contribution in [0.2, 0.25) is 0 Å². The lowest BCUT2D eigenvalue weighted by molar-refractivity contribution is 0.621. The third-order valence-corrected chi connectivity index (χ3v) is 4.82.